The van der Waals surface area contributed by atoms with Crippen LogP contribution in [0.4, 0.5) is 5.69 Å². The molecule has 0 aromatic heterocycles. The smallest absolute Gasteiger partial charge is 0.178 e. The Kier molecular flexibility index (Phi) is 13.8. The van der Waals surface area contributed by atoms with Crippen LogP contribution >= 0.6 is 0 Å². The fourth-order valence-corrected chi connectivity index (χ4v) is 13.9. The molecule has 0 N–H and O–H groups in total. The predicted molar refractivity (Wildman–Crippen MR) is 308 cm³/mol. The molecule has 7 aromatic rings. The number of nitrogens with zero attached hydrogens (tertiary/aromatic N) is 1. The average molecular weight is 984 g/mol. The molecule has 2 aliphatic heterocycles. The van der Waals surface area contributed by atoms with Crippen molar-refractivity contribution >= 4 is 22.5 Å². The molecule has 1 fully saturated rings. The lowest BCUT2D eigenvalue weighted by atomic mass is 9.65. The zero-order valence-corrected chi connectivity index (χ0v) is 45.4. The van der Waals surface area contributed by atoms with E-state index in [4.69, 9.17) is 18.9 Å². The van der Waals surface area contributed by atoms with Crippen molar-refractivity contribution in [3.8, 4) is 50.6 Å². The first-order valence-corrected chi connectivity index (χ1v) is 28.1. The molecule has 74 heavy (non-hydrogen) atoms. The fraction of sp³-hybridized carbons (Fsp3) is 0.391. The summed E-state index contributed by atoms with van der Waals surface area (Å²) >= 11 is 0. The molecule has 3 atom stereocenters. The highest BCUT2D eigenvalue weighted by atomic mass is 16.5. The molecule has 2 heterocycles. The van der Waals surface area contributed by atoms with Gasteiger partial charge >= 0.3 is 0 Å². The lowest BCUT2D eigenvalue weighted by Crippen LogP contribution is -2.37. The van der Waals surface area contributed by atoms with Crippen molar-refractivity contribution in [3.05, 3.63) is 172 Å². The minimum Gasteiger partial charge on any atom is -0.497 e. The quantitative estimate of drug-likeness (QED) is 0.0857. The van der Waals surface area contributed by atoms with Crippen molar-refractivity contribution in [2.24, 2.45) is 11.8 Å². The van der Waals surface area contributed by atoms with Crippen LogP contribution < -0.4 is 19.1 Å². The van der Waals surface area contributed by atoms with Gasteiger partial charge in [-0.15, -0.1) is 0 Å². The topological polar surface area (TPSA) is 40.2 Å². The van der Waals surface area contributed by atoms with Crippen LogP contribution in [0.15, 0.2) is 133 Å². The van der Waals surface area contributed by atoms with E-state index in [0.717, 1.165) is 71.0 Å². The van der Waals surface area contributed by atoms with E-state index < -0.39 is 5.60 Å². The molecule has 0 spiro atoms. The Balaban J connectivity index is 1.05. The number of anilines is 1. The summed E-state index contributed by atoms with van der Waals surface area (Å²) < 4.78 is 25.1. The lowest BCUT2D eigenvalue weighted by Gasteiger charge is -2.39. The largest absolute Gasteiger partial charge is 0.497 e. The third kappa shape index (κ3) is 8.42. The molecule has 7 aromatic carbocycles. The van der Waals surface area contributed by atoms with Crippen LogP contribution in [0.2, 0.25) is 0 Å². The highest BCUT2D eigenvalue weighted by Gasteiger charge is 2.47. The normalized spacial score (nSPS) is 19.8. The Morgan fingerprint density at radius 3 is 1.82 bits per heavy atom. The first kappa shape index (κ1) is 49.9. The van der Waals surface area contributed by atoms with Crippen molar-refractivity contribution < 1.29 is 18.9 Å². The number of unbranched alkanes of at least 4 members (excludes halogenated alkanes) is 2. The van der Waals surface area contributed by atoms with Crippen LogP contribution in [0.3, 0.4) is 0 Å². The highest BCUT2D eigenvalue weighted by Crippen LogP contribution is 2.60. The van der Waals surface area contributed by atoms with Gasteiger partial charge in [0.2, 0.25) is 0 Å². The first-order valence-electron chi connectivity index (χ1n) is 28.1. The first-order chi connectivity index (χ1) is 36.1. The number of morpholine rings is 1. The van der Waals surface area contributed by atoms with Crippen molar-refractivity contribution in [2.75, 3.05) is 45.4 Å². The second-order valence-electron chi connectivity index (χ2n) is 22.5. The third-order valence-corrected chi connectivity index (χ3v) is 18.0. The van der Waals surface area contributed by atoms with Gasteiger partial charge in [0.15, 0.2) is 5.60 Å². The van der Waals surface area contributed by atoms with Gasteiger partial charge in [-0.2, -0.15) is 0 Å². The SMILES string of the molecule is CCCCC(CC)CC1(CC(CC)CCCC)c2ccccc2-c2ccc(-c3ccc4c(c3)C(C)(C)c3c5c(c6ccc(OC)cc6c3-4)OC(c3ccc(OC)cc3)(c3ccc(N4CCOCC4)cc3)C=C5)cc21. The fourth-order valence-electron chi connectivity index (χ4n) is 13.9. The van der Waals surface area contributed by atoms with Gasteiger partial charge in [0, 0.05) is 51.7 Å². The van der Waals surface area contributed by atoms with Crippen molar-refractivity contribution in [1.29, 1.82) is 0 Å². The Labute approximate surface area is 441 Å². The van der Waals surface area contributed by atoms with Gasteiger partial charge in [-0.25, -0.2) is 0 Å². The summed E-state index contributed by atoms with van der Waals surface area (Å²) in [4.78, 5) is 2.40. The summed E-state index contributed by atoms with van der Waals surface area (Å²) in [5.74, 6) is 3.89. The maximum absolute atomic E-state index is 7.75. The zero-order valence-electron chi connectivity index (χ0n) is 45.4. The van der Waals surface area contributed by atoms with Crippen molar-refractivity contribution in [3.63, 3.8) is 0 Å². The summed E-state index contributed by atoms with van der Waals surface area (Å²) in [5, 5.41) is 2.21. The highest BCUT2D eigenvalue weighted by molar-refractivity contribution is 6.09. The molecule has 11 rings (SSSR count). The monoisotopic (exact) mass is 984 g/mol. The summed E-state index contributed by atoms with van der Waals surface area (Å²) in [6, 6.07) is 48.2. The molecule has 0 radical (unpaired) electrons. The second kappa shape index (κ2) is 20.4. The van der Waals surface area contributed by atoms with Crippen LogP contribution in [0.25, 0.3) is 50.2 Å². The summed E-state index contributed by atoms with van der Waals surface area (Å²) in [6.45, 7) is 17.7. The molecule has 5 heteroatoms. The summed E-state index contributed by atoms with van der Waals surface area (Å²) in [7, 11) is 3.49. The second-order valence-corrected chi connectivity index (χ2v) is 22.5. The van der Waals surface area contributed by atoms with Crippen molar-refractivity contribution in [2.45, 2.75) is 122 Å². The maximum Gasteiger partial charge on any atom is 0.178 e. The lowest BCUT2D eigenvalue weighted by molar-refractivity contribution is 0.122. The molecule has 0 amide bonds. The van der Waals surface area contributed by atoms with E-state index in [1.54, 1.807) is 25.3 Å². The predicted octanol–water partition coefficient (Wildman–Crippen LogP) is 17.5. The number of benzene rings is 7. The van der Waals surface area contributed by atoms with E-state index in [1.807, 2.05) is 12.1 Å². The molecule has 2 aliphatic carbocycles. The van der Waals surface area contributed by atoms with Crippen LogP contribution in [-0.2, 0) is 21.2 Å². The van der Waals surface area contributed by atoms with Crippen LogP contribution in [-0.4, -0.2) is 40.5 Å². The van der Waals surface area contributed by atoms with Crippen LogP contribution in [0.5, 0.6) is 17.2 Å². The molecule has 0 saturated carbocycles. The molecule has 5 nitrogen and oxygen atoms in total. The summed E-state index contributed by atoms with van der Waals surface area (Å²) in [6.07, 6.45) is 17.2. The van der Waals surface area contributed by atoms with E-state index in [2.05, 4.69) is 174 Å². The number of hydrogen-bond donors (Lipinski definition) is 0. The van der Waals surface area contributed by atoms with E-state index in [-0.39, 0.29) is 10.8 Å². The standard InChI is InChI=1S/C69H77NO4/c1-9-13-17-46(11-3)44-68(45-47(12-4)18-14-10-2)61-20-16-15-19-55(61)56-32-21-49(42-63(56)68)48-22-33-58-62(41-48)67(5,6)65-59-35-36-69(51-25-29-53(71-7)30-26-51,50-23-27-52(28-24-50)70-37-39-73-40-38-70)74-66(59)57-34-31-54(72-8)43-60(57)64(58)65/h15-16,19-36,41-43,46-47H,9-14,17-18,37-40,44-45H2,1-8H3. The molecular weight excluding hydrogens is 907 g/mol. The van der Waals surface area contributed by atoms with Crippen LogP contribution in [0, 0.1) is 11.8 Å². The van der Waals surface area contributed by atoms with Gasteiger partial charge in [0.05, 0.1) is 27.4 Å². The summed E-state index contributed by atoms with van der Waals surface area (Å²) in [5.41, 5.74) is 16.9. The van der Waals surface area contributed by atoms with E-state index in [0.29, 0.717) is 11.8 Å². The van der Waals surface area contributed by atoms with E-state index in [1.165, 1.54) is 114 Å². The van der Waals surface area contributed by atoms with Crippen molar-refractivity contribution in [1.82, 2.24) is 0 Å². The minimum absolute atomic E-state index is 0.0216. The number of fused-ring (bicyclic) bond motifs is 11. The molecule has 0 bridgehead atoms. The molecule has 1 saturated heterocycles. The molecular formula is C69H77NO4. The number of methoxy groups -OCH3 is 2. The molecule has 4 aliphatic rings. The van der Waals surface area contributed by atoms with Crippen LogP contribution in [0.1, 0.15) is 145 Å². The Morgan fingerprint density at radius 2 is 1.19 bits per heavy atom. The van der Waals surface area contributed by atoms with Gasteiger partial charge in [-0.3, -0.25) is 0 Å². The number of ether oxygens (including phenoxy) is 4. The third-order valence-electron chi connectivity index (χ3n) is 18.0. The average Bonchev–Trinajstić information content (AvgIpc) is 3.86. The minimum atomic E-state index is -0.907. The van der Waals surface area contributed by atoms with E-state index in [9.17, 15) is 0 Å². The molecule has 3 unspecified atom stereocenters. The van der Waals surface area contributed by atoms with Gasteiger partial charge in [-0.1, -0.05) is 172 Å². The molecule has 382 valence electrons. The van der Waals surface area contributed by atoms with Gasteiger partial charge in [0.1, 0.15) is 17.2 Å². The van der Waals surface area contributed by atoms with Gasteiger partial charge in [-0.05, 0) is 146 Å². The zero-order chi connectivity index (χ0) is 51.2. The number of rotatable bonds is 18. The Bertz CT molecular complexity index is 3180. The van der Waals surface area contributed by atoms with E-state index >= 15 is 0 Å². The van der Waals surface area contributed by atoms with Gasteiger partial charge in [0.25, 0.3) is 0 Å². The Morgan fingerprint density at radius 1 is 0.595 bits per heavy atom. The number of hydrogen-bond acceptors (Lipinski definition) is 5. The Hall–Kier alpha value is -6.30. The maximum atomic E-state index is 7.75. The van der Waals surface area contributed by atoms with Gasteiger partial charge < -0.3 is 23.8 Å².